The van der Waals surface area contributed by atoms with E-state index in [1.807, 2.05) is 18.3 Å². The monoisotopic (exact) mass is 379 g/mol. The average Bonchev–Trinajstić information content (AvgIpc) is 2.62. The Morgan fingerprint density at radius 1 is 0.852 bits per heavy atom. The normalized spacial score (nSPS) is 19.8. The molecule has 0 aliphatic heterocycles. The number of nitrogens with one attached hydrogen (secondary N) is 2. The van der Waals surface area contributed by atoms with Gasteiger partial charge in [0, 0.05) is 40.1 Å². The van der Waals surface area contributed by atoms with Crippen molar-refractivity contribution in [2.45, 2.75) is 51.6 Å². The summed E-state index contributed by atoms with van der Waals surface area (Å²) in [6.45, 7) is 4.32. The Balaban J connectivity index is 1.38. The lowest BCUT2D eigenvalue weighted by Crippen LogP contribution is -2.32. The van der Waals surface area contributed by atoms with E-state index in [2.05, 4.69) is 59.8 Å². The first kappa shape index (κ1) is 18.1. The number of benzene rings is 2. The van der Waals surface area contributed by atoms with Crippen LogP contribution in [0.1, 0.15) is 36.8 Å². The Labute approximate surface area is 166 Å². The number of halogens is 1. The number of hydrogen-bond donors (Lipinski definition) is 2. The van der Waals surface area contributed by atoms with Gasteiger partial charge in [-0.1, -0.05) is 17.7 Å². The molecule has 2 N–H and O–H groups in total. The number of rotatable bonds is 4. The third-order valence-corrected chi connectivity index (χ3v) is 5.62. The summed E-state index contributed by atoms with van der Waals surface area (Å²) >= 11 is 6.10. The quantitative estimate of drug-likeness (QED) is 0.555. The van der Waals surface area contributed by atoms with Crippen LogP contribution in [0.4, 0.5) is 11.4 Å². The van der Waals surface area contributed by atoms with Gasteiger partial charge in [0.2, 0.25) is 0 Å². The van der Waals surface area contributed by atoms with E-state index in [1.54, 1.807) is 0 Å². The van der Waals surface area contributed by atoms with Gasteiger partial charge >= 0.3 is 0 Å². The third kappa shape index (κ3) is 4.36. The van der Waals surface area contributed by atoms with Crippen molar-refractivity contribution in [1.82, 2.24) is 4.98 Å². The number of aryl methyl sites for hydroxylation is 2. The van der Waals surface area contributed by atoms with Crippen molar-refractivity contribution in [2.75, 3.05) is 10.6 Å². The largest absolute Gasteiger partial charge is 0.382 e. The molecule has 0 radical (unpaired) electrons. The molecule has 0 atom stereocenters. The van der Waals surface area contributed by atoms with Crippen molar-refractivity contribution in [3.05, 3.63) is 64.8 Å². The molecule has 4 heteroatoms. The molecule has 27 heavy (non-hydrogen) atoms. The summed E-state index contributed by atoms with van der Waals surface area (Å²) in [6.07, 6.45) is 6.55. The van der Waals surface area contributed by atoms with E-state index < -0.39 is 0 Å². The molecule has 0 amide bonds. The highest BCUT2D eigenvalue weighted by Gasteiger charge is 2.21. The molecule has 1 aromatic heterocycles. The van der Waals surface area contributed by atoms with Crippen LogP contribution in [0.5, 0.6) is 0 Å². The number of aromatic nitrogens is 1. The molecule has 140 valence electrons. The lowest BCUT2D eigenvalue weighted by atomic mass is 9.90. The zero-order chi connectivity index (χ0) is 18.8. The average molecular weight is 380 g/mol. The van der Waals surface area contributed by atoms with Crippen molar-refractivity contribution in [3.63, 3.8) is 0 Å². The second kappa shape index (κ2) is 7.77. The van der Waals surface area contributed by atoms with Crippen molar-refractivity contribution >= 4 is 33.9 Å². The van der Waals surface area contributed by atoms with Crippen molar-refractivity contribution in [1.29, 1.82) is 0 Å². The van der Waals surface area contributed by atoms with Crippen molar-refractivity contribution < 1.29 is 0 Å². The smallest absolute Gasteiger partial charge is 0.0737 e. The number of fused-ring (bicyclic) bond motifs is 1. The molecular weight excluding hydrogens is 354 g/mol. The summed E-state index contributed by atoms with van der Waals surface area (Å²) in [7, 11) is 0. The maximum absolute atomic E-state index is 6.10. The van der Waals surface area contributed by atoms with Crippen LogP contribution >= 0.6 is 11.6 Å². The second-order valence-electron chi connectivity index (χ2n) is 7.73. The first-order chi connectivity index (χ1) is 13.1. The molecule has 0 bridgehead atoms. The summed E-state index contributed by atoms with van der Waals surface area (Å²) < 4.78 is 0. The topological polar surface area (TPSA) is 37.0 Å². The van der Waals surface area contributed by atoms with E-state index in [4.69, 9.17) is 11.6 Å². The second-order valence-corrected chi connectivity index (χ2v) is 8.17. The molecule has 1 saturated carbocycles. The molecule has 0 unspecified atom stereocenters. The fourth-order valence-corrected chi connectivity index (χ4v) is 4.31. The van der Waals surface area contributed by atoms with Crippen molar-refractivity contribution in [3.8, 4) is 0 Å². The maximum atomic E-state index is 6.10. The molecule has 0 saturated heterocycles. The van der Waals surface area contributed by atoms with E-state index in [0.29, 0.717) is 12.1 Å². The van der Waals surface area contributed by atoms with Crippen LogP contribution in [-0.4, -0.2) is 17.1 Å². The third-order valence-electron chi connectivity index (χ3n) is 5.38. The molecule has 1 aliphatic rings. The van der Waals surface area contributed by atoms with Gasteiger partial charge in [-0.15, -0.1) is 0 Å². The van der Waals surface area contributed by atoms with Gasteiger partial charge < -0.3 is 10.6 Å². The Morgan fingerprint density at radius 3 is 2.22 bits per heavy atom. The summed E-state index contributed by atoms with van der Waals surface area (Å²) in [5.74, 6) is 0. The van der Waals surface area contributed by atoms with Crippen molar-refractivity contribution in [2.24, 2.45) is 0 Å². The minimum Gasteiger partial charge on any atom is -0.382 e. The summed E-state index contributed by atoms with van der Waals surface area (Å²) in [5.41, 5.74) is 5.98. The van der Waals surface area contributed by atoms with Gasteiger partial charge in [0.15, 0.2) is 0 Å². The van der Waals surface area contributed by atoms with Gasteiger partial charge in [0.05, 0.1) is 5.52 Å². The highest BCUT2D eigenvalue weighted by Crippen LogP contribution is 2.29. The summed E-state index contributed by atoms with van der Waals surface area (Å²) in [5, 5.41) is 9.33. The van der Waals surface area contributed by atoms with Gasteiger partial charge in [-0.3, -0.25) is 4.98 Å². The fourth-order valence-electron chi connectivity index (χ4n) is 4.14. The SMILES string of the molecule is Cc1cc(C)cc(N[C@H]2CC[C@@H](Nc3ccnc4cc(Cl)ccc34)CC2)c1. The molecule has 0 spiro atoms. The van der Waals surface area contributed by atoms with E-state index >= 15 is 0 Å². The Morgan fingerprint density at radius 2 is 1.52 bits per heavy atom. The van der Waals surface area contributed by atoms with Gasteiger partial charge in [0.1, 0.15) is 0 Å². The highest BCUT2D eigenvalue weighted by molar-refractivity contribution is 6.31. The minimum atomic E-state index is 0.503. The summed E-state index contributed by atoms with van der Waals surface area (Å²) in [4.78, 5) is 4.43. The molecule has 1 heterocycles. The molecular formula is C23H26ClN3. The number of nitrogens with zero attached hydrogens (tertiary/aromatic N) is 1. The van der Waals surface area contributed by atoms with Gasteiger partial charge in [-0.2, -0.15) is 0 Å². The number of hydrogen-bond acceptors (Lipinski definition) is 3. The van der Waals surface area contributed by atoms with Gasteiger partial charge in [-0.25, -0.2) is 0 Å². The van der Waals surface area contributed by atoms with Crippen LogP contribution in [-0.2, 0) is 0 Å². The number of anilines is 2. The van der Waals surface area contributed by atoms with E-state index in [0.717, 1.165) is 21.6 Å². The lowest BCUT2D eigenvalue weighted by molar-refractivity contribution is 0.429. The van der Waals surface area contributed by atoms with E-state index in [-0.39, 0.29) is 0 Å². The standard InChI is InChI=1S/C23H26ClN3/c1-15-11-16(2)13-20(12-15)26-18-4-6-19(7-5-18)27-22-9-10-25-23-14-17(24)3-8-21(22)23/h3,8-14,18-19,26H,4-7H2,1-2H3,(H,25,27)/t18-,19+. The fraction of sp³-hybridized carbons (Fsp3) is 0.348. The van der Waals surface area contributed by atoms with Crippen LogP contribution in [0.3, 0.4) is 0 Å². The van der Waals surface area contributed by atoms with Crippen LogP contribution in [0.15, 0.2) is 48.7 Å². The summed E-state index contributed by atoms with van der Waals surface area (Å²) in [6, 6.07) is 15.7. The zero-order valence-corrected chi connectivity index (χ0v) is 16.7. The van der Waals surface area contributed by atoms with Crippen LogP contribution < -0.4 is 10.6 Å². The Bertz CT molecular complexity index is 925. The van der Waals surface area contributed by atoms with Crippen LogP contribution in [0, 0.1) is 13.8 Å². The predicted octanol–water partition coefficient (Wildman–Crippen LogP) is 6.34. The van der Waals surface area contributed by atoms with Crippen LogP contribution in [0.25, 0.3) is 10.9 Å². The predicted molar refractivity (Wildman–Crippen MR) is 116 cm³/mol. The molecule has 1 fully saturated rings. The van der Waals surface area contributed by atoms with E-state index in [9.17, 15) is 0 Å². The highest BCUT2D eigenvalue weighted by atomic mass is 35.5. The first-order valence-electron chi connectivity index (χ1n) is 9.72. The zero-order valence-electron chi connectivity index (χ0n) is 15.9. The lowest BCUT2D eigenvalue weighted by Gasteiger charge is -2.31. The maximum Gasteiger partial charge on any atom is 0.0737 e. The minimum absolute atomic E-state index is 0.503. The van der Waals surface area contributed by atoms with Crippen LogP contribution in [0.2, 0.25) is 5.02 Å². The Hall–Kier alpha value is -2.26. The van der Waals surface area contributed by atoms with Gasteiger partial charge in [0.25, 0.3) is 0 Å². The van der Waals surface area contributed by atoms with E-state index in [1.165, 1.54) is 42.5 Å². The van der Waals surface area contributed by atoms with Gasteiger partial charge in [-0.05, 0) is 87.1 Å². The molecule has 3 nitrogen and oxygen atoms in total. The first-order valence-corrected chi connectivity index (χ1v) is 10.1. The number of pyridine rings is 1. The molecule has 3 aromatic rings. The molecule has 1 aliphatic carbocycles. The molecule has 4 rings (SSSR count). The molecule has 2 aromatic carbocycles. The Kier molecular flexibility index (Phi) is 5.22.